The van der Waals surface area contributed by atoms with Crippen LogP contribution in [0.25, 0.3) is 0 Å². The maximum atomic E-state index is 12.2. The summed E-state index contributed by atoms with van der Waals surface area (Å²) in [6.07, 6.45) is 5.21. The molecule has 3 rings (SSSR count). The van der Waals surface area contributed by atoms with E-state index in [1.54, 1.807) is 12.5 Å². The SMILES string of the molecule is O=C(Cn1ccnc1)N1CCN(Cc2ccccc2)CC1. The standard InChI is InChI=1S/C16H20N4O/c21-16(13-19-7-6-17-14-19)20-10-8-18(9-11-20)12-15-4-2-1-3-5-15/h1-7,14H,8-13H2. The van der Waals surface area contributed by atoms with Crippen LogP contribution < -0.4 is 0 Å². The Morgan fingerprint density at radius 1 is 1.10 bits per heavy atom. The van der Waals surface area contributed by atoms with Crippen molar-refractivity contribution in [3.05, 3.63) is 54.6 Å². The highest BCUT2D eigenvalue weighted by atomic mass is 16.2. The van der Waals surface area contributed by atoms with Gasteiger partial charge in [-0.15, -0.1) is 0 Å². The van der Waals surface area contributed by atoms with Crippen molar-refractivity contribution in [2.75, 3.05) is 26.2 Å². The maximum Gasteiger partial charge on any atom is 0.242 e. The Morgan fingerprint density at radius 3 is 2.52 bits per heavy atom. The molecule has 1 aliphatic heterocycles. The Labute approximate surface area is 124 Å². The second kappa shape index (κ2) is 6.54. The van der Waals surface area contributed by atoms with Gasteiger partial charge in [0, 0.05) is 45.1 Å². The lowest BCUT2D eigenvalue weighted by molar-refractivity contribution is -0.133. The topological polar surface area (TPSA) is 41.4 Å². The lowest BCUT2D eigenvalue weighted by Gasteiger charge is -2.34. The summed E-state index contributed by atoms with van der Waals surface area (Å²) in [6.45, 7) is 4.83. The number of nitrogens with zero attached hydrogens (tertiary/aromatic N) is 4. The minimum atomic E-state index is 0.173. The molecule has 0 atom stereocenters. The van der Waals surface area contributed by atoms with Gasteiger partial charge < -0.3 is 9.47 Å². The van der Waals surface area contributed by atoms with E-state index in [0.717, 1.165) is 32.7 Å². The van der Waals surface area contributed by atoms with Gasteiger partial charge in [-0.05, 0) is 5.56 Å². The molecule has 110 valence electrons. The van der Waals surface area contributed by atoms with Crippen LogP contribution in [0.15, 0.2) is 49.1 Å². The number of carbonyl (C=O) groups excluding carboxylic acids is 1. The third kappa shape index (κ3) is 3.70. The first-order valence-electron chi connectivity index (χ1n) is 7.31. The molecule has 1 amide bonds. The molecule has 1 saturated heterocycles. The summed E-state index contributed by atoms with van der Waals surface area (Å²) in [5, 5.41) is 0. The number of imidazole rings is 1. The molecule has 5 nitrogen and oxygen atoms in total. The number of piperazine rings is 1. The van der Waals surface area contributed by atoms with Crippen molar-refractivity contribution in [2.24, 2.45) is 0 Å². The lowest BCUT2D eigenvalue weighted by Crippen LogP contribution is -2.49. The van der Waals surface area contributed by atoms with E-state index in [-0.39, 0.29) is 5.91 Å². The van der Waals surface area contributed by atoms with Crippen molar-refractivity contribution in [3.63, 3.8) is 0 Å². The fourth-order valence-electron chi connectivity index (χ4n) is 2.63. The van der Waals surface area contributed by atoms with E-state index < -0.39 is 0 Å². The molecular weight excluding hydrogens is 264 g/mol. The number of benzene rings is 1. The van der Waals surface area contributed by atoms with Gasteiger partial charge in [-0.2, -0.15) is 0 Å². The third-order valence-corrected chi connectivity index (χ3v) is 3.85. The van der Waals surface area contributed by atoms with Crippen LogP contribution in [0.5, 0.6) is 0 Å². The van der Waals surface area contributed by atoms with Gasteiger partial charge in [-0.1, -0.05) is 30.3 Å². The fraction of sp³-hybridized carbons (Fsp3) is 0.375. The molecule has 1 fully saturated rings. The number of aromatic nitrogens is 2. The van der Waals surface area contributed by atoms with Crippen molar-refractivity contribution in [2.45, 2.75) is 13.1 Å². The number of amides is 1. The van der Waals surface area contributed by atoms with Gasteiger partial charge in [-0.3, -0.25) is 9.69 Å². The molecule has 21 heavy (non-hydrogen) atoms. The summed E-state index contributed by atoms with van der Waals surface area (Å²) < 4.78 is 1.82. The Bertz CT molecular complexity index is 559. The van der Waals surface area contributed by atoms with Crippen molar-refractivity contribution in [1.29, 1.82) is 0 Å². The highest BCUT2D eigenvalue weighted by Gasteiger charge is 2.20. The molecule has 1 aliphatic rings. The van der Waals surface area contributed by atoms with Crippen LogP contribution in [-0.2, 0) is 17.9 Å². The van der Waals surface area contributed by atoms with Crippen molar-refractivity contribution in [3.8, 4) is 0 Å². The van der Waals surface area contributed by atoms with E-state index in [1.165, 1.54) is 5.56 Å². The molecule has 0 radical (unpaired) electrons. The maximum absolute atomic E-state index is 12.2. The van der Waals surface area contributed by atoms with Crippen molar-refractivity contribution >= 4 is 5.91 Å². The average molecular weight is 284 g/mol. The van der Waals surface area contributed by atoms with Gasteiger partial charge in [0.1, 0.15) is 6.54 Å². The third-order valence-electron chi connectivity index (χ3n) is 3.85. The second-order valence-electron chi connectivity index (χ2n) is 5.38. The second-order valence-corrected chi connectivity index (χ2v) is 5.38. The molecule has 1 aromatic carbocycles. The van der Waals surface area contributed by atoms with E-state index in [2.05, 4.69) is 34.1 Å². The zero-order valence-electron chi connectivity index (χ0n) is 12.1. The van der Waals surface area contributed by atoms with Gasteiger partial charge in [0.05, 0.1) is 6.33 Å². The zero-order valence-corrected chi connectivity index (χ0v) is 12.1. The van der Waals surface area contributed by atoms with Crippen LogP contribution in [-0.4, -0.2) is 51.4 Å². The molecule has 0 bridgehead atoms. The molecule has 2 heterocycles. The van der Waals surface area contributed by atoms with Crippen LogP contribution >= 0.6 is 0 Å². The molecule has 2 aromatic rings. The molecule has 0 aliphatic carbocycles. The lowest BCUT2D eigenvalue weighted by atomic mass is 10.2. The molecule has 0 N–H and O–H groups in total. The first kappa shape index (κ1) is 13.8. The average Bonchev–Trinajstić information content (AvgIpc) is 3.02. The molecule has 5 heteroatoms. The first-order valence-corrected chi connectivity index (χ1v) is 7.31. The van der Waals surface area contributed by atoms with E-state index in [0.29, 0.717) is 6.54 Å². The van der Waals surface area contributed by atoms with Gasteiger partial charge in [0.15, 0.2) is 0 Å². The van der Waals surface area contributed by atoms with E-state index in [9.17, 15) is 4.79 Å². The van der Waals surface area contributed by atoms with E-state index >= 15 is 0 Å². The summed E-state index contributed by atoms with van der Waals surface area (Å²) in [4.78, 5) is 20.5. The molecule has 0 unspecified atom stereocenters. The number of rotatable bonds is 4. The quantitative estimate of drug-likeness (QED) is 0.848. The summed E-state index contributed by atoms with van der Waals surface area (Å²) in [6, 6.07) is 10.5. The highest BCUT2D eigenvalue weighted by molar-refractivity contribution is 5.76. The number of carbonyl (C=O) groups is 1. The Balaban J connectivity index is 1.47. The van der Waals surface area contributed by atoms with Crippen LogP contribution in [0.1, 0.15) is 5.56 Å². The van der Waals surface area contributed by atoms with Crippen LogP contribution in [0.4, 0.5) is 0 Å². The molecule has 0 saturated carbocycles. The largest absolute Gasteiger partial charge is 0.339 e. The van der Waals surface area contributed by atoms with Gasteiger partial charge in [-0.25, -0.2) is 4.98 Å². The normalized spacial score (nSPS) is 16.1. The van der Waals surface area contributed by atoms with E-state index in [1.807, 2.05) is 21.7 Å². The molecule has 0 spiro atoms. The van der Waals surface area contributed by atoms with Crippen molar-refractivity contribution in [1.82, 2.24) is 19.4 Å². The monoisotopic (exact) mass is 284 g/mol. The number of hydrogen-bond acceptors (Lipinski definition) is 3. The first-order chi connectivity index (χ1) is 10.3. The molecular formula is C16H20N4O. The summed E-state index contributed by atoms with van der Waals surface area (Å²) >= 11 is 0. The highest BCUT2D eigenvalue weighted by Crippen LogP contribution is 2.09. The minimum absolute atomic E-state index is 0.173. The van der Waals surface area contributed by atoms with Crippen molar-refractivity contribution < 1.29 is 4.79 Å². The van der Waals surface area contributed by atoms with Gasteiger partial charge in [0.2, 0.25) is 5.91 Å². The molecule has 1 aromatic heterocycles. The Kier molecular flexibility index (Phi) is 4.31. The Hall–Kier alpha value is -2.14. The summed E-state index contributed by atoms with van der Waals surface area (Å²) in [5.74, 6) is 0.173. The predicted molar refractivity (Wildman–Crippen MR) is 80.5 cm³/mol. The van der Waals surface area contributed by atoms with Gasteiger partial charge >= 0.3 is 0 Å². The van der Waals surface area contributed by atoms with Crippen LogP contribution in [0.3, 0.4) is 0 Å². The number of hydrogen-bond donors (Lipinski definition) is 0. The summed E-state index contributed by atoms with van der Waals surface area (Å²) in [7, 11) is 0. The Morgan fingerprint density at radius 2 is 1.86 bits per heavy atom. The van der Waals surface area contributed by atoms with Gasteiger partial charge in [0.25, 0.3) is 0 Å². The zero-order chi connectivity index (χ0) is 14.5. The van der Waals surface area contributed by atoms with E-state index in [4.69, 9.17) is 0 Å². The van der Waals surface area contributed by atoms with Crippen LogP contribution in [0, 0.1) is 0 Å². The summed E-state index contributed by atoms with van der Waals surface area (Å²) in [5.41, 5.74) is 1.33. The van der Waals surface area contributed by atoms with Crippen LogP contribution in [0.2, 0.25) is 0 Å². The minimum Gasteiger partial charge on any atom is -0.339 e. The smallest absolute Gasteiger partial charge is 0.242 e. The predicted octanol–water partition coefficient (Wildman–Crippen LogP) is 1.23. The fourth-order valence-corrected chi connectivity index (χ4v) is 2.63.